The Bertz CT molecular complexity index is 584. The van der Waals surface area contributed by atoms with Gasteiger partial charge < -0.3 is 9.84 Å². The maximum atomic E-state index is 10.1. The molecule has 2 rings (SSSR count). The zero-order chi connectivity index (χ0) is 16.5. The molecule has 1 heterocycles. The minimum absolute atomic E-state index is 0.422. The van der Waals surface area contributed by atoms with E-state index in [0.717, 1.165) is 22.7 Å². The van der Waals surface area contributed by atoms with Gasteiger partial charge in [-0.05, 0) is 30.8 Å². The van der Waals surface area contributed by atoms with Crippen molar-refractivity contribution >= 4 is 61.7 Å². The van der Waals surface area contributed by atoms with E-state index in [2.05, 4.69) is 18.0 Å². The smallest absolute Gasteiger partial charge is 0.220 e. The molecule has 1 N–H and O–H groups in total. The van der Waals surface area contributed by atoms with Gasteiger partial charge in [0.15, 0.2) is 4.34 Å². The molecule has 1 unspecified atom stereocenters. The van der Waals surface area contributed by atoms with Crippen molar-refractivity contribution < 1.29 is 9.84 Å². The van der Waals surface area contributed by atoms with Crippen LogP contribution in [0.5, 0.6) is 0 Å². The van der Waals surface area contributed by atoms with Gasteiger partial charge in [-0.2, -0.15) is 0 Å². The van der Waals surface area contributed by atoms with E-state index < -0.39 is 6.10 Å². The van der Waals surface area contributed by atoms with Crippen molar-refractivity contribution in [1.82, 2.24) is 4.98 Å². The number of thiazole rings is 1. The second-order valence-electron chi connectivity index (χ2n) is 5.03. The SMILES string of the molecule is CCCCCOC(=S)SCC(O)CSc1nc2ccccc2s1. The predicted molar refractivity (Wildman–Crippen MR) is 107 cm³/mol. The quantitative estimate of drug-likeness (QED) is 0.372. The molecule has 0 aliphatic rings. The average Bonchev–Trinajstić information content (AvgIpc) is 2.98. The van der Waals surface area contributed by atoms with Gasteiger partial charge in [-0.15, -0.1) is 11.3 Å². The summed E-state index contributed by atoms with van der Waals surface area (Å²) in [7, 11) is 0. The van der Waals surface area contributed by atoms with Crippen molar-refractivity contribution in [3.8, 4) is 0 Å². The summed E-state index contributed by atoms with van der Waals surface area (Å²) >= 11 is 9.82. The van der Waals surface area contributed by atoms with Gasteiger partial charge in [-0.3, -0.25) is 0 Å². The van der Waals surface area contributed by atoms with Crippen LogP contribution in [0.25, 0.3) is 10.2 Å². The Balaban J connectivity index is 1.64. The molecule has 0 spiro atoms. The number of ether oxygens (including phenoxy) is 1. The van der Waals surface area contributed by atoms with Crippen molar-refractivity contribution in [2.75, 3.05) is 18.1 Å². The first-order valence-electron chi connectivity index (χ1n) is 7.65. The minimum Gasteiger partial charge on any atom is -0.479 e. The van der Waals surface area contributed by atoms with Crippen LogP contribution in [-0.4, -0.2) is 38.7 Å². The summed E-state index contributed by atoms with van der Waals surface area (Å²) in [5.41, 5.74) is 1.02. The minimum atomic E-state index is -0.422. The van der Waals surface area contributed by atoms with Crippen molar-refractivity contribution in [2.45, 2.75) is 36.6 Å². The number of hydrogen-bond donors (Lipinski definition) is 1. The Morgan fingerprint density at radius 1 is 1.35 bits per heavy atom. The number of thiocarbonyl (C=S) groups is 1. The molecule has 1 aromatic heterocycles. The topological polar surface area (TPSA) is 42.4 Å². The number of thioether (sulfide) groups is 2. The third-order valence-corrected chi connectivity index (χ3v) is 6.74. The molecular weight excluding hydrogens is 366 g/mol. The number of para-hydroxylation sites is 1. The number of aliphatic hydroxyl groups is 1. The first-order valence-corrected chi connectivity index (χ1v) is 10.8. The Morgan fingerprint density at radius 2 is 2.17 bits per heavy atom. The largest absolute Gasteiger partial charge is 0.479 e. The Labute approximate surface area is 155 Å². The van der Waals surface area contributed by atoms with Crippen LogP contribution in [0.15, 0.2) is 28.6 Å². The van der Waals surface area contributed by atoms with E-state index in [0.29, 0.717) is 22.5 Å². The molecule has 2 aromatic rings. The lowest BCUT2D eigenvalue weighted by Gasteiger charge is -2.10. The molecule has 3 nitrogen and oxygen atoms in total. The van der Waals surface area contributed by atoms with Crippen LogP contribution in [-0.2, 0) is 4.74 Å². The van der Waals surface area contributed by atoms with Gasteiger partial charge in [0.25, 0.3) is 0 Å². The normalized spacial score (nSPS) is 12.4. The molecule has 0 bridgehead atoms. The molecular formula is C16H21NO2S4. The summed E-state index contributed by atoms with van der Waals surface area (Å²) in [5.74, 6) is 1.18. The van der Waals surface area contributed by atoms with E-state index in [-0.39, 0.29) is 0 Å². The number of aromatic nitrogens is 1. The second-order valence-corrected chi connectivity index (χ2v) is 8.95. The van der Waals surface area contributed by atoms with Crippen LogP contribution < -0.4 is 0 Å². The van der Waals surface area contributed by atoms with Crippen LogP contribution >= 0.6 is 47.1 Å². The van der Waals surface area contributed by atoms with Crippen molar-refractivity contribution in [2.24, 2.45) is 0 Å². The standard InChI is InChI=1S/C16H21NO2S4/c1-2-3-6-9-19-16(20)22-11-12(18)10-21-15-17-13-7-4-5-8-14(13)23-15/h4-5,7-8,12,18H,2-3,6,9-11H2,1H3. The molecule has 0 aliphatic carbocycles. The molecule has 0 fully saturated rings. The average molecular weight is 388 g/mol. The summed E-state index contributed by atoms with van der Waals surface area (Å²) in [6, 6.07) is 8.08. The van der Waals surface area contributed by atoms with E-state index in [4.69, 9.17) is 17.0 Å². The lowest BCUT2D eigenvalue weighted by molar-refractivity contribution is 0.225. The zero-order valence-corrected chi connectivity index (χ0v) is 16.3. The fraction of sp³-hybridized carbons (Fsp3) is 0.500. The number of unbranched alkanes of at least 4 members (excludes halogenated alkanes) is 2. The van der Waals surface area contributed by atoms with Crippen LogP contribution in [0.1, 0.15) is 26.2 Å². The van der Waals surface area contributed by atoms with Gasteiger partial charge in [0, 0.05) is 11.5 Å². The van der Waals surface area contributed by atoms with Gasteiger partial charge in [0.2, 0.25) is 4.38 Å². The number of aliphatic hydroxyl groups excluding tert-OH is 1. The van der Waals surface area contributed by atoms with Crippen LogP contribution in [0.3, 0.4) is 0 Å². The third kappa shape index (κ3) is 6.97. The number of benzene rings is 1. The highest BCUT2D eigenvalue weighted by Crippen LogP contribution is 2.29. The van der Waals surface area contributed by atoms with Crippen molar-refractivity contribution in [1.29, 1.82) is 0 Å². The lowest BCUT2D eigenvalue weighted by atomic mass is 10.3. The van der Waals surface area contributed by atoms with Crippen LogP contribution in [0, 0.1) is 0 Å². The summed E-state index contributed by atoms with van der Waals surface area (Å²) in [4.78, 5) is 4.55. The van der Waals surface area contributed by atoms with Crippen molar-refractivity contribution in [3.63, 3.8) is 0 Å². The van der Waals surface area contributed by atoms with Gasteiger partial charge in [0.1, 0.15) is 0 Å². The second kappa shape index (κ2) is 10.5. The molecule has 7 heteroatoms. The van der Waals surface area contributed by atoms with Gasteiger partial charge >= 0.3 is 0 Å². The molecule has 0 amide bonds. The summed E-state index contributed by atoms with van der Waals surface area (Å²) in [6.45, 7) is 2.84. The third-order valence-electron chi connectivity index (χ3n) is 3.03. The highest BCUT2D eigenvalue weighted by atomic mass is 32.2. The summed E-state index contributed by atoms with van der Waals surface area (Å²) in [6.07, 6.45) is 2.95. The van der Waals surface area contributed by atoms with E-state index in [1.807, 2.05) is 18.2 Å². The number of nitrogens with zero attached hydrogens (tertiary/aromatic N) is 1. The van der Waals surface area contributed by atoms with E-state index in [9.17, 15) is 5.11 Å². The van der Waals surface area contributed by atoms with Gasteiger partial charge in [0.05, 0.1) is 22.9 Å². The highest BCUT2D eigenvalue weighted by Gasteiger charge is 2.10. The maximum Gasteiger partial charge on any atom is 0.220 e. The molecule has 23 heavy (non-hydrogen) atoms. The monoisotopic (exact) mass is 387 g/mol. The highest BCUT2D eigenvalue weighted by molar-refractivity contribution is 8.22. The van der Waals surface area contributed by atoms with Crippen LogP contribution in [0.4, 0.5) is 0 Å². The number of fused-ring (bicyclic) bond motifs is 1. The number of hydrogen-bond acceptors (Lipinski definition) is 7. The maximum absolute atomic E-state index is 10.1. The molecule has 126 valence electrons. The Morgan fingerprint density at radius 3 is 2.96 bits per heavy atom. The summed E-state index contributed by atoms with van der Waals surface area (Å²) in [5, 5.41) is 10.1. The summed E-state index contributed by atoms with van der Waals surface area (Å²) < 4.78 is 8.17. The van der Waals surface area contributed by atoms with E-state index in [1.165, 1.54) is 22.9 Å². The fourth-order valence-electron chi connectivity index (χ4n) is 1.84. The lowest BCUT2D eigenvalue weighted by Crippen LogP contribution is -2.15. The molecule has 0 radical (unpaired) electrons. The molecule has 1 atom stereocenters. The predicted octanol–water partition coefficient (Wildman–Crippen LogP) is 4.97. The Kier molecular flexibility index (Phi) is 8.68. The first kappa shape index (κ1) is 19.0. The fourth-order valence-corrected chi connectivity index (χ4v) is 4.91. The van der Waals surface area contributed by atoms with Crippen LogP contribution in [0.2, 0.25) is 0 Å². The van der Waals surface area contributed by atoms with Gasteiger partial charge in [-0.1, -0.05) is 55.4 Å². The van der Waals surface area contributed by atoms with Gasteiger partial charge in [-0.25, -0.2) is 4.98 Å². The van der Waals surface area contributed by atoms with E-state index in [1.54, 1.807) is 23.1 Å². The zero-order valence-electron chi connectivity index (χ0n) is 13.1. The molecule has 1 aromatic carbocycles. The number of rotatable bonds is 9. The van der Waals surface area contributed by atoms with Crippen molar-refractivity contribution in [3.05, 3.63) is 24.3 Å². The van der Waals surface area contributed by atoms with E-state index >= 15 is 0 Å². The molecule has 0 aliphatic heterocycles. The molecule has 0 saturated heterocycles. The Hall–Kier alpha value is -0.340. The molecule has 0 saturated carbocycles. The first-order chi connectivity index (χ1) is 11.2.